The van der Waals surface area contributed by atoms with E-state index < -0.39 is 0 Å². The van der Waals surface area contributed by atoms with Crippen LogP contribution < -0.4 is 0 Å². The lowest BCUT2D eigenvalue weighted by molar-refractivity contribution is -0.153. The molecule has 0 radical (unpaired) electrons. The lowest BCUT2D eigenvalue weighted by Crippen LogP contribution is -2.17. The summed E-state index contributed by atoms with van der Waals surface area (Å²) in [5.74, 6) is -0.000304. The summed E-state index contributed by atoms with van der Waals surface area (Å²) in [5.41, 5.74) is 0. The van der Waals surface area contributed by atoms with Gasteiger partial charge in [-0.1, -0.05) is 59.3 Å². The first-order valence-corrected chi connectivity index (χ1v) is 9.80. The molecular formula is C20H38O4. The number of carbonyl (C=O) groups excluding carboxylic acids is 2. The molecule has 0 heterocycles. The molecule has 0 rings (SSSR count). The van der Waals surface area contributed by atoms with Crippen molar-refractivity contribution in [1.29, 1.82) is 0 Å². The van der Waals surface area contributed by atoms with Crippen molar-refractivity contribution in [2.75, 3.05) is 6.61 Å². The van der Waals surface area contributed by atoms with E-state index in [1.54, 1.807) is 0 Å². The van der Waals surface area contributed by atoms with E-state index in [0.717, 1.165) is 25.7 Å². The third-order valence-electron chi connectivity index (χ3n) is 4.03. The number of hydrogen-bond acceptors (Lipinski definition) is 4. The van der Waals surface area contributed by atoms with E-state index in [-0.39, 0.29) is 30.9 Å². The summed E-state index contributed by atoms with van der Waals surface area (Å²) in [5, 5.41) is 0. The van der Waals surface area contributed by atoms with Crippen molar-refractivity contribution in [1.82, 2.24) is 0 Å². The largest absolute Gasteiger partial charge is 0.466 e. The van der Waals surface area contributed by atoms with Crippen LogP contribution >= 0.6 is 0 Å². The van der Waals surface area contributed by atoms with Gasteiger partial charge in [-0.15, -0.1) is 0 Å². The molecule has 4 nitrogen and oxygen atoms in total. The Morgan fingerprint density at radius 2 is 1.38 bits per heavy atom. The van der Waals surface area contributed by atoms with Crippen LogP contribution in [0.4, 0.5) is 0 Å². The van der Waals surface area contributed by atoms with Gasteiger partial charge < -0.3 is 9.47 Å². The minimum Gasteiger partial charge on any atom is -0.466 e. The zero-order valence-electron chi connectivity index (χ0n) is 16.3. The van der Waals surface area contributed by atoms with E-state index in [1.807, 2.05) is 6.92 Å². The van der Waals surface area contributed by atoms with E-state index in [2.05, 4.69) is 20.8 Å². The highest BCUT2D eigenvalue weighted by Gasteiger charge is 2.13. The lowest BCUT2D eigenvalue weighted by Gasteiger charge is -2.14. The van der Waals surface area contributed by atoms with Gasteiger partial charge >= 0.3 is 11.9 Å². The monoisotopic (exact) mass is 342 g/mol. The fourth-order valence-electron chi connectivity index (χ4n) is 2.43. The van der Waals surface area contributed by atoms with Crippen molar-refractivity contribution in [3.63, 3.8) is 0 Å². The third kappa shape index (κ3) is 15.8. The van der Waals surface area contributed by atoms with Crippen LogP contribution in [0.1, 0.15) is 98.3 Å². The molecule has 4 heteroatoms. The Morgan fingerprint density at radius 3 is 2.00 bits per heavy atom. The van der Waals surface area contributed by atoms with Crippen LogP contribution in [0.15, 0.2) is 0 Å². The van der Waals surface area contributed by atoms with E-state index >= 15 is 0 Å². The van der Waals surface area contributed by atoms with Crippen molar-refractivity contribution < 1.29 is 19.1 Å². The van der Waals surface area contributed by atoms with E-state index in [9.17, 15) is 9.59 Å². The SMILES string of the molecule is CCCCCCCCCOC(=O)CCC(=O)OC(C)CCC(C)C. The van der Waals surface area contributed by atoms with Crippen LogP contribution in [0, 0.1) is 5.92 Å². The summed E-state index contributed by atoms with van der Waals surface area (Å²) in [7, 11) is 0. The maximum atomic E-state index is 11.7. The quantitative estimate of drug-likeness (QED) is 0.294. The number of ether oxygens (including phenoxy) is 2. The normalized spacial score (nSPS) is 12.2. The maximum Gasteiger partial charge on any atom is 0.306 e. The van der Waals surface area contributed by atoms with Crippen molar-refractivity contribution >= 4 is 11.9 Å². The molecule has 0 aromatic heterocycles. The zero-order valence-corrected chi connectivity index (χ0v) is 16.3. The summed E-state index contributed by atoms with van der Waals surface area (Å²) in [6.45, 7) is 8.87. The highest BCUT2D eigenvalue weighted by atomic mass is 16.5. The molecule has 0 aromatic rings. The summed E-state index contributed by atoms with van der Waals surface area (Å²) >= 11 is 0. The Kier molecular flexibility index (Phi) is 14.8. The summed E-state index contributed by atoms with van der Waals surface area (Å²) in [6, 6.07) is 0. The Labute approximate surface area is 148 Å². The van der Waals surface area contributed by atoms with Gasteiger partial charge in [-0.25, -0.2) is 0 Å². The molecule has 1 atom stereocenters. The van der Waals surface area contributed by atoms with E-state index in [1.165, 1.54) is 32.1 Å². The minimum absolute atomic E-state index is 0.0800. The molecule has 0 N–H and O–H groups in total. The molecule has 0 aromatic carbocycles. The average molecular weight is 343 g/mol. The smallest absolute Gasteiger partial charge is 0.306 e. The van der Waals surface area contributed by atoms with Crippen molar-refractivity contribution in [2.45, 2.75) is 104 Å². The second kappa shape index (κ2) is 15.5. The Bertz CT molecular complexity index is 326. The van der Waals surface area contributed by atoms with Crippen molar-refractivity contribution in [3.05, 3.63) is 0 Å². The molecule has 0 spiro atoms. The van der Waals surface area contributed by atoms with E-state index in [4.69, 9.17) is 9.47 Å². The van der Waals surface area contributed by atoms with Crippen LogP contribution in [0.2, 0.25) is 0 Å². The van der Waals surface area contributed by atoms with Gasteiger partial charge in [0.25, 0.3) is 0 Å². The van der Waals surface area contributed by atoms with Crippen LogP contribution in [-0.2, 0) is 19.1 Å². The lowest BCUT2D eigenvalue weighted by atomic mass is 10.1. The Morgan fingerprint density at radius 1 is 0.792 bits per heavy atom. The van der Waals surface area contributed by atoms with Gasteiger partial charge in [0.2, 0.25) is 0 Å². The average Bonchev–Trinajstić information content (AvgIpc) is 2.53. The molecule has 0 fully saturated rings. The molecule has 0 bridgehead atoms. The van der Waals surface area contributed by atoms with Gasteiger partial charge in [-0.05, 0) is 32.1 Å². The second-order valence-electron chi connectivity index (χ2n) is 7.11. The predicted octanol–water partition coefficient (Wildman–Crippen LogP) is 5.43. The molecule has 1 unspecified atom stereocenters. The van der Waals surface area contributed by atoms with Crippen LogP contribution in [0.25, 0.3) is 0 Å². The fourth-order valence-corrected chi connectivity index (χ4v) is 2.43. The molecule has 0 saturated heterocycles. The van der Waals surface area contributed by atoms with Crippen molar-refractivity contribution in [3.8, 4) is 0 Å². The van der Waals surface area contributed by atoms with Gasteiger partial charge in [0.15, 0.2) is 0 Å². The fraction of sp³-hybridized carbons (Fsp3) is 0.900. The minimum atomic E-state index is -0.306. The molecule has 0 aliphatic rings. The highest BCUT2D eigenvalue weighted by molar-refractivity contribution is 5.77. The van der Waals surface area contributed by atoms with Crippen LogP contribution in [0.5, 0.6) is 0 Å². The van der Waals surface area contributed by atoms with Gasteiger partial charge in [-0.3, -0.25) is 9.59 Å². The van der Waals surface area contributed by atoms with Crippen LogP contribution in [-0.4, -0.2) is 24.6 Å². The Hall–Kier alpha value is -1.06. The molecular weight excluding hydrogens is 304 g/mol. The molecule has 0 aliphatic carbocycles. The summed E-state index contributed by atoms with van der Waals surface area (Å²) < 4.78 is 10.5. The molecule has 0 saturated carbocycles. The van der Waals surface area contributed by atoms with Gasteiger partial charge in [0.1, 0.15) is 0 Å². The van der Waals surface area contributed by atoms with Gasteiger partial charge in [-0.2, -0.15) is 0 Å². The first-order valence-electron chi connectivity index (χ1n) is 9.80. The zero-order chi connectivity index (χ0) is 18.2. The standard InChI is InChI=1S/C20H38O4/c1-5-6-7-8-9-10-11-16-23-19(21)14-15-20(22)24-18(4)13-12-17(2)3/h17-18H,5-16H2,1-4H3. The summed E-state index contributed by atoms with van der Waals surface area (Å²) in [4.78, 5) is 23.3. The highest BCUT2D eigenvalue weighted by Crippen LogP contribution is 2.10. The number of hydrogen-bond donors (Lipinski definition) is 0. The van der Waals surface area contributed by atoms with Gasteiger partial charge in [0.05, 0.1) is 25.6 Å². The molecule has 0 aliphatic heterocycles. The first-order chi connectivity index (χ1) is 11.5. The number of esters is 2. The number of rotatable bonds is 15. The maximum absolute atomic E-state index is 11.7. The molecule has 24 heavy (non-hydrogen) atoms. The second-order valence-corrected chi connectivity index (χ2v) is 7.11. The predicted molar refractivity (Wildman–Crippen MR) is 97.8 cm³/mol. The molecule has 142 valence electrons. The third-order valence-corrected chi connectivity index (χ3v) is 4.03. The van der Waals surface area contributed by atoms with Crippen molar-refractivity contribution in [2.24, 2.45) is 5.92 Å². The first kappa shape index (κ1) is 22.9. The number of unbranched alkanes of at least 4 members (excludes halogenated alkanes) is 6. The van der Waals surface area contributed by atoms with Gasteiger partial charge in [0, 0.05) is 0 Å². The van der Waals surface area contributed by atoms with Crippen LogP contribution in [0.3, 0.4) is 0 Å². The number of carbonyl (C=O) groups is 2. The Balaban J connectivity index is 3.52. The topological polar surface area (TPSA) is 52.6 Å². The van der Waals surface area contributed by atoms with E-state index in [0.29, 0.717) is 12.5 Å². The summed E-state index contributed by atoms with van der Waals surface area (Å²) in [6.07, 6.45) is 10.4. The molecule has 0 amide bonds.